The number of aromatic amines is 1. The lowest BCUT2D eigenvalue weighted by molar-refractivity contribution is -0.129. The Morgan fingerprint density at radius 2 is 1.91 bits per heavy atom. The number of H-pyrrole nitrogens is 1. The van der Waals surface area contributed by atoms with Gasteiger partial charge in [-0.2, -0.15) is 0 Å². The SMILES string of the molecule is CC(=O)NNC(=O)COC(=O)c1cc(=O)[nH]c2ccccc12. The van der Waals surface area contributed by atoms with Gasteiger partial charge in [-0.1, -0.05) is 18.2 Å². The highest BCUT2D eigenvalue weighted by Gasteiger charge is 2.14. The third kappa shape index (κ3) is 3.69. The van der Waals surface area contributed by atoms with E-state index < -0.39 is 29.9 Å². The summed E-state index contributed by atoms with van der Waals surface area (Å²) in [6, 6.07) is 7.84. The van der Waals surface area contributed by atoms with Crippen LogP contribution in [0.4, 0.5) is 0 Å². The molecule has 0 saturated carbocycles. The van der Waals surface area contributed by atoms with E-state index in [2.05, 4.69) is 15.8 Å². The van der Waals surface area contributed by atoms with Crippen molar-refractivity contribution >= 4 is 28.7 Å². The maximum absolute atomic E-state index is 12.0. The van der Waals surface area contributed by atoms with Crippen LogP contribution in [-0.2, 0) is 14.3 Å². The van der Waals surface area contributed by atoms with Gasteiger partial charge in [-0.05, 0) is 6.07 Å². The third-order valence-corrected chi connectivity index (χ3v) is 2.68. The molecule has 0 fully saturated rings. The number of para-hydroxylation sites is 1. The molecule has 0 aliphatic carbocycles. The van der Waals surface area contributed by atoms with E-state index in [-0.39, 0.29) is 5.56 Å². The first-order valence-corrected chi connectivity index (χ1v) is 6.32. The Labute approximate surface area is 124 Å². The summed E-state index contributed by atoms with van der Waals surface area (Å²) in [5, 5.41) is 0.509. The smallest absolute Gasteiger partial charge is 0.339 e. The van der Waals surface area contributed by atoms with Crippen molar-refractivity contribution in [3.8, 4) is 0 Å². The lowest BCUT2D eigenvalue weighted by Gasteiger charge is -2.08. The molecule has 0 bridgehead atoms. The Balaban J connectivity index is 2.12. The molecule has 3 N–H and O–H groups in total. The van der Waals surface area contributed by atoms with Crippen LogP contribution in [-0.4, -0.2) is 29.4 Å². The molecule has 0 saturated heterocycles. The van der Waals surface area contributed by atoms with Gasteiger partial charge in [0.25, 0.3) is 5.91 Å². The summed E-state index contributed by atoms with van der Waals surface area (Å²) in [5.74, 6) is -1.96. The molecule has 1 heterocycles. The van der Waals surface area contributed by atoms with E-state index in [9.17, 15) is 19.2 Å². The predicted molar refractivity (Wildman–Crippen MR) is 76.8 cm³/mol. The van der Waals surface area contributed by atoms with Crippen LogP contribution in [0.3, 0.4) is 0 Å². The van der Waals surface area contributed by atoms with Crippen molar-refractivity contribution in [2.24, 2.45) is 0 Å². The fraction of sp³-hybridized carbons (Fsp3) is 0.143. The van der Waals surface area contributed by atoms with Gasteiger partial charge < -0.3 is 9.72 Å². The molecule has 0 atom stereocenters. The fourth-order valence-corrected chi connectivity index (χ4v) is 1.78. The quantitative estimate of drug-likeness (QED) is 0.538. The van der Waals surface area contributed by atoms with Crippen molar-refractivity contribution in [2.75, 3.05) is 6.61 Å². The van der Waals surface area contributed by atoms with Crippen LogP contribution in [0.1, 0.15) is 17.3 Å². The van der Waals surface area contributed by atoms with Gasteiger partial charge in [-0.15, -0.1) is 0 Å². The second-order valence-electron chi connectivity index (χ2n) is 4.40. The van der Waals surface area contributed by atoms with E-state index in [0.29, 0.717) is 10.9 Å². The van der Waals surface area contributed by atoms with Crippen molar-refractivity contribution in [1.82, 2.24) is 15.8 Å². The number of esters is 1. The molecule has 2 amide bonds. The molecule has 0 unspecified atom stereocenters. The second kappa shape index (κ2) is 6.53. The van der Waals surface area contributed by atoms with Crippen LogP contribution in [0.25, 0.3) is 10.9 Å². The summed E-state index contributed by atoms with van der Waals surface area (Å²) in [6.07, 6.45) is 0. The Morgan fingerprint density at radius 1 is 1.18 bits per heavy atom. The molecular weight excluding hydrogens is 290 g/mol. The van der Waals surface area contributed by atoms with Crippen LogP contribution in [0.15, 0.2) is 35.1 Å². The Hall–Kier alpha value is -3.16. The number of benzene rings is 1. The number of carbonyl (C=O) groups excluding carboxylic acids is 3. The first-order valence-electron chi connectivity index (χ1n) is 6.32. The van der Waals surface area contributed by atoms with Gasteiger partial charge in [0.05, 0.1) is 5.56 Å². The van der Waals surface area contributed by atoms with Crippen LogP contribution in [0.2, 0.25) is 0 Å². The van der Waals surface area contributed by atoms with Crippen molar-refractivity contribution in [3.05, 3.63) is 46.2 Å². The summed E-state index contributed by atoms with van der Waals surface area (Å²) in [6.45, 7) is 0.634. The predicted octanol–water partition coefficient (Wildman–Crippen LogP) is -0.148. The summed E-state index contributed by atoms with van der Waals surface area (Å²) in [7, 11) is 0. The first kappa shape index (κ1) is 15.2. The summed E-state index contributed by atoms with van der Waals surface area (Å²) >= 11 is 0. The van der Waals surface area contributed by atoms with Gasteiger partial charge in [0, 0.05) is 23.9 Å². The molecule has 0 aliphatic rings. The molecule has 8 nitrogen and oxygen atoms in total. The van der Waals surface area contributed by atoms with Crippen molar-refractivity contribution in [1.29, 1.82) is 0 Å². The minimum Gasteiger partial charge on any atom is -0.452 e. The number of aromatic nitrogens is 1. The van der Waals surface area contributed by atoms with Gasteiger partial charge in [0.2, 0.25) is 11.5 Å². The van der Waals surface area contributed by atoms with E-state index >= 15 is 0 Å². The van der Waals surface area contributed by atoms with Crippen LogP contribution in [0, 0.1) is 0 Å². The highest BCUT2D eigenvalue weighted by Crippen LogP contribution is 2.15. The van der Waals surface area contributed by atoms with Crippen molar-refractivity contribution < 1.29 is 19.1 Å². The number of nitrogens with one attached hydrogen (secondary N) is 3. The third-order valence-electron chi connectivity index (χ3n) is 2.68. The minimum absolute atomic E-state index is 0.0617. The molecule has 1 aromatic carbocycles. The maximum atomic E-state index is 12.0. The standard InChI is InChI=1S/C14H13N3O5/c1-8(18)16-17-13(20)7-22-14(21)10-6-12(19)15-11-5-3-2-4-9(10)11/h2-6H,7H2,1H3,(H,15,19)(H,16,18)(H,17,20). The largest absolute Gasteiger partial charge is 0.452 e. The topological polar surface area (TPSA) is 117 Å². The number of rotatable bonds is 3. The molecule has 0 radical (unpaired) electrons. The van der Waals surface area contributed by atoms with E-state index in [1.54, 1.807) is 24.3 Å². The highest BCUT2D eigenvalue weighted by atomic mass is 16.5. The Morgan fingerprint density at radius 3 is 2.64 bits per heavy atom. The first-order chi connectivity index (χ1) is 10.5. The average Bonchev–Trinajstić information content (AvgIpc) is 2.49. The molecule has 2 rings (SSSR count). The number of pyridine rings is 1. The molecule has 22 heavy (non-hydrogen) atoms. The van der Waals surface area contributed by atoms with E-state index in [1.165, 1.54) is 6.92 Å². The van der Waals surface area contributed by atoms with E-state index in [1.807, 2.05) is 0 Å². The summed E-state index contributed by atoms with van der Waals surface area (Å²) < 4.78 is 4.83. The zero-order valence-electron chi connectivity index (χ0n) is 11.6. The normalized spacial score (nSPS) is 10.0. The zero-order valence-corrected chi connectivity index (χ0v) is 11.6. The minimum atomic E-state index is -0.805. The fourth-order valence-electron chi connectivity index (χ4n) is 1.78. The Bertz CT molecular complexity index is 796. The number of amides is 2. The van der Waals surface area contributed by atoms with Crippen LogP contribution >= 0.6 is 0 Å². The summed E-state index contributed by atoms with van der Waals surface area (Å²) in [4.78, 5) is 48.1. The molecule has 0 aliphatic heterocycles. The molecular formula is C14H13N3O5. The second-order valence-corrected chi connectivity index (χ2v) is 4.40. The lowest BCUT2D eigenvalue weighted by atomic mass is 10.1. The Kier molecular flexibility index (Phi) is 4.52. The van der Waals surface area contributed by atoms with Crippen LogP contribution < -0.4 is 16.4 Å². The highest BCUT2D eigenvalue weighted by molar-refractivity contribution is 6.03. The van der Waals surface area contributed by atoms with Crippen molar-refractivity contribution in [3.63, 3.8) is 0 Å². The molecule has 0 spiro atoms. The number of fused-ring (bicyclic) bond motifs is 1. The van der Waals surface area contributed by atoms with Gasteiger partial charge in [-0.3, -0.25) is 25.2 Å². The summed E-state index contributed by atoms with van der Waals surface area (Å²) in [5.41, 5.74) is 4.22. The number of hydrogen-bond acceptors (Lipinski definition) is 5. The number of hydrazine groups is 1. The number of hydrogen-bond donors (Lipinski definition) is 3. The zero-order chi connectivity index (χ0) is 16.1. The monoisotopic (exact) mass is 303 g/mol. The van der Waals surface area contributed by atoms with Gasteiger partial charge >= 0.3 is 5.97 Å². The molecule has 114 valence electrons. The van der Waals surface area contributed by atoms with Gasteiger partial charge in [0.15, 0.2) is 6.61 Å². The average molecular weight is 303 g/mol. The molecule has 2 aromatic rings. The van der Waals surface area contributed by atoms with E-state index in [0.717, 1.165) is 6.07 Å². The van der Waals surface area contributed by atoms with Gasteiger partial charge in [0.1, 0.15) is 0 Å². The van der Waals surface area contributed by atoms with E-state index in [4.69, 9.17) is 4.74 Å². The lowest BCUT2D eigenvalue weighted by Crippen LogP contribution is -2.42. The molecule has 8 heteroatoms. The number of ether oxygens (including phenoxy) is 1. The maximum Gasteiger partial charge on any atom is 0.339 e. The van der Waals surface area contributed by atoms with Crippen molar-refractivity contribution in [2.45, 2.75) is 6.92 Å². The molecule has 1 aromatic heterocycles. The number of carbonyl (C=O) groups is 3. The van der Waals surface area contributed by atoms with Gasteiger partial charge in [-0.25, -0.2) is 4.79 Å². The van der Waals surface area contributed by atoms with Crippen LogP contribution in [0.5, 0.6) is 0 Å².